The van der Waals surface area contributed by atoms with Gasteiger partial charge in [-0.05, 0) is 18.6 Å². The molecule has 24 heavy (non-hydrogen) atoms. The summed E-state index contributed by atoms with van der Waals surface area (Å²) < 4.78 is 18.4. The van der Waals surface area contributed by atoms with Crippen LogP contribution < -0.4 is 4.74 Å². The van der Waals surface area contributed by atoms with Crippen LogP contribution in [0.15, 0.2) is 48.5 Å². The number of benzene rings is 2. The van der Waals surface area contributed by atoms with Crippen LogP contribution in [-0.2, 0) is 4.79 Å². The molecule has 2 aromatic carbocycles. The molecule has 1 amide bonds. The van der Waals surface area contributed by atoms with E-state index in [0.717, 1.165) is 23.8 Å². The molecule has 0 bridgehead atoms. The van der Waals surface area contributed by atoms with Crippen LogP contribution >= 0.6 is 0 Å². The number of hydrogen-bond donors (Lipinski definition) is 0. The first-order valence-corrected chi connectivity index (χ1v) is 7.27. The smallest absolute Gasteiger partial charge is 0.311 e. The summed E-state index contributed by atoms with van der Waals surface area (Å²) in [6.45, 7) is 1.44. The van der Waals surface area contributed by atoms with Crippen molar-refractivity contribution in [1.82, 2.24) is 4.90 Å². The van der Waals surface area contributed by atoms with Crippen molar-refractivity contribution >= 4 is 11.6 Å². The third kappa shape index (κ3) is 4.07. The summed E-state index contributed by atoms with van der Waals surface area (Å²) >= 11 is 0. The van der Waals surface area contributed by atoms with Gasteiger partial charge in [-0.3, -0.25) is 14.9 Å². The number of nitro groups is 1. The molecule has 0 aromatic heterocycles. The summed E-state index contributed by atoms with van der Waals surface area (Å²) in [6.07, 6.45) is 0. The van der Waals surface area contributed by atoms with Crippen LogP contribution in [0.3, 0.4) is 0 Å². The molecule has 0 aliphatic carbocycles. The number of likely N-dealkylation sites (N-methyl/N-ethyl adjacent to an activating group) is 1. The zero-order chi connectivity index (χ0) is 17.7. The molecule has 7 heteroatoms. The Balaban J connectivity index is 2.05. The van der Waals surface area contributed by atoms with Crippen LogP contribution in [0.5, 0.6) is 5.75 Å². The minimum atomic E-state index is -0.685. The topological polar surface area (TPSA) is 72.7 Å². The molecule has 2 rings (SSSR count). The van der Waals surface area contributed by atoms with Crippen molar-refractivity contribution in [3.05, 3.63) is 70.0 Å². The van der Waals surface area contributed by atoms with Gasteiger partial charge >= 0.3 is 5.69 Å². The van der Waals surface area contributed by atoms with E-state index < -0.39 is 17.3 Å². The normalized spacial score (nSPS) is 11.6. The van der Waals surface area contributed by atoms with Gasteiger partial charge in [-0.15, -0.1) is 0 Å². The first-order chi connectivity index (χ1) is 11.4. The third-order valence-corrected chi connectivity index (χ3v) is 3.73. The number of ether oxygens (including phenoxy) is 1. The van der Waals surface area contributed by atoms with Crippen LogP contribution in [0.25, 0.3) is 0 Å². The summed E-state index contributed by atoms with van der Waals surface area (Å²) in [5.41, 5.74) is 0.563. The van der Waals surface area contributed by atoms with E-state index in [0.29, 0.717) is 0 Å². The number of carbonyl (C=O) groups excluding carboxylic acids is 1. The molecule has 126 valence electrons. The maximum atomic E-state index is 13.2. The Morgan fingerprint density at radius 3 is 2.58 bits per heavy atom. The summed E-state index contributed by atoms with van der Waals surface area (Å²) in [6, 6.07) is 12.1. The van der Waals surface area contributed by atoms with Gasteiger partial charge in [0.25, 0.3) is 5.91 Å². The minimum absolute atomic E-state index is 0.190. The van der Waals surface area contributed by atoms with E-state index >= 15 is 0 Å². The van der Waals surface area contributed by atoms with Crippen LogP contribution in [-0.4, -0.2) is 29.4 Å². The zero-order valence-electron chi connectivity index (χ0n) is 13.3. The molecule has 0 heterocycles. The number of hydrogen-bond acceptors (Lipinski definition) is 4. The number of carbonyl (C=O) groups is 1. The maximum Gasteiger partial charge on any atom is 0.311 e. The molecule has 0 fully saturated rings. The van der Waals surface area contributed by atoms with Crippen LogP contribution in [0, 0.1) is 15.9 Å². The lowest BCUT2D eigenvalue weighted by Crippen LogP contribution is -2.33. The molecule has 0 saturated heterocycles. The Bertz CT molecular complexity index is 737. The SMILES string of the molecule is CC(c1ccccc1)N(C)C(=O)COc1cc(F)ccc1[N+](=O)[O-]. The first kappa shape index (κ1) is 17.4. The van der Waals surface area contributed by atoms with E-state index in [1.54, 1.807) is 7.05 Å². The van der Waals surface area contributed by atoms with E-state index in [4.69, 9.17) is 4.74 Å². The van der Waals surface area contributed by atoms with Crippen LogP contribution in [0.2, 0.25) is 0 Å². The summed E-state index contributed by atoms with van der Waals surface area (Å²) in [4.78, 5) is 23.9. The standard InChI is InChI=1S/C17H17FN2O4/c1-12(13-6-4-3-5-7-13)19(2)17(21)11-24-16-10-14(18)8-9-15(16)20(22)23/h3-10,12H,11H2,1-2H3. The predicted octanol–water partition coefficient (Wildman–Crippen LogP) is 3.33. The second-order valence-electron chi connectivity index (χ2n) is 5.25. The summed E-state index contributed by atoms with van der Waals surface area (Å²) in [5, 5.41) is 10.9. The van der Waals surface area contributed by atoms with E-state index in [-0.39, 0.29) is 23.4 Å². The van der Waals surface area contributed by atoms with E-state index in [9.17, 15) is 19.3 Å². The number of nitrogens with zero attached hydrogens (tertiary/aromatic N) is 2. The third-order valence-electron chi connectivity index (χ3n) is 3.73. The second kappa shape index (κ2) is 7.54. The minimum Gasteiger partial charge on any atom is -0.477 e. The average Bonchev–Trinajstić information content (AvgIpc) is 2.58. The maximum absolute atomic E-state index is 13.2. The van der Waals surface area contributed by atoms with Gasteiger partial charge in [0.1, 0.15) is 5.82 Å². The molecule has 0 N–H and O–H groups in total. The van der Waals surface area contributed by atoms with Crippen molar-refractivity contribution in [3.8, 4) is 5.75 Å². The van der Waals surface area contributed by atoms with Crippen LogP contribution in [0.4, 0.5) is 10.1 Å². The molecule has 6 nitrogen and oxygen atoms in total. The second-order valence-corrected chi connectivity index (χ2v) is 5.25. The molecule has 1 atom stereocenters. The van der Waals surface area contributed by atoms with Crippen molar-refractivity contribution in [2.75, 3.05) is 13.7 Å². The molecule has 2 aromatic rings. The fourth-order valence-corrected chi connectivity index (χ4v) is 2.17. The van der Waals surface area contributed by atoms with Crippen molar-refractivity contribution in [3.63, 3.8) is 0 Å². The van der Waals surface area contributed by atoms with E-state index in [1.165, 1.54) is 4.90 Å². The molecule has 1 unspecified atom stereocenters. The molecule has 0 radical (unpaired) electrons. The Hall–Kier alpha value is -2.96. The highest BCUT2D eigenvalue weighted by Crippen LogP contribution is 2.27. The van der Waals surface area contributed by atoms with Gasteiger partial charge in [0.2, 0.25) is 5.75 Å². The zero-order valence-corrected chi connectivity index (χ0v) is 13.3. The fourth-order valence-electron chi connectivity index (χ4n) is 2.17. The number of amides is 1. The molecular formula is C17H17FN2O4. The highest BCUT2D eigenvalue weighted by atomic mass is 19.1. The number of halogens is 1. The Labute approximate surface area is 138 Å². The lowest BCUT2D eigenvalue weighted by Gasteiger charge is -2.25. The van der Waals surface area contributed by atoms with Crippen molar-refractivity contribution in [2.45, 2.75) is 13.0 Å². The van der Waals surface area contributed by atoms with Crippen molar-refractivity contribution in [1.29, 1.82) is 0 Å². The number of nitro benzene ring substituents is 1. The van der Waals surface area contributed by atoms with Gasteiger partial charge in [-0.1, -0.05) is 30.3 Å². The summed E-state index contributed by atoms with van der Waals surface area (Å²) in [5.74, 6) is -1.31. The number of rotatable bonds is 6. The highest BCUT2D eigenvalue weighted by Gasteiger charge is 2.21. The molecule has 0 saturated carbocycles. The molecular weight excluding hydrogens is 315 g/mol. The van der Waals surface area contributed by atoms with Gasteiger partial charge in [-0.25, -0.2) is 4.39 Å². The lowest BCUT2D eigenvalue weighted by atomic mass is 10.1. The predicted molar refractivity (Wildman–Crippen MR) is 86.2 cm³/mol. The Morgan fingerprint density at radius 1 is 1.29 bits per heavy atom. The monoisotopic (exact) mass is 332 g/mol. The first-order valence-electron chi connectivity index (χ1n) is 7.27. The van der Waals surface area contributed by atoms with Gasteiger partial charge in [0.05, 0.1) is 11.0 Å². The molecule has 0 spiro atoms. The largest absolute Gasteiger partial charge is 0.477 e. The molecule has 0 aliphatic rings. The van der Waals surface area contributed by atoms with Crippen molar-refractivity contribution in [2.24, 2.45) is 0 Å². The van der Waals surface area contributed by atoms with E-state index in [1.807, 2.05) is 37.3 Å². The van der Waals surface area contributed by atoms with Crippen LogP contribution in [0.1, 0.15) is 18.5 Å². The van der Waals surface area contributed by atoms with Gasteiger partial charge in [0, 0.05) is 19.2 Å². The van der Waals surface area contributed by atoms with E-state index in [2.05, 4.69) is 0 Å². The lowest BCUT2D eigenvalue weighted by molar-refractivity contribution is -0.385. The van der Waals surface area contributed by atoms with Gasteiger partial charge in [0.15, 0.2) is 6.61 Å². The van der Waals surface area contributed by atoms with Crippen molar-refractivity contribution < 1.29 is 18.8 Å². The summed E-state index contributed by atoms with van der Waals surface area (Å²) in [7, 11) is 1.61. The molecule has 0 aliphatic heterocycles. The Morgan fingerprint density at radius 2 is 1.96 bits per heavy atom. The average molecular weight is 332 g/mol. The van der Waals surface area contributed by atoms with Gasteiger partial charge in [-0.2, -0.15) is 0 Å². The fraction of sp³-hybridized carbons (Fsp3) is 0.235. The Kier molecular flexibility index (Phi) is 5.47. The quantitative estimate of drug-likeness (QED) is 0.601. The van der Waals surface area contributed by atoms with Gasteiger partial charge < -0.3 is 9.64 Å². The highest BCUT2D eigenvalue weighted by molar-refractivity contribution is 5.78.